The second-order valence-corrected chi connectivity index (χ2v) is 4.77. The molecule has 0 bridgehead atoms. The number of pyridine rings is 1. The fourth-order valence-electron chi connectivity index (χ4n) is 2.32. The smallest absolute Gasteiger partial charge is 0.161 e. The maximum atomic E-state index is 13.4. The number of fused-ring (bicyclic) bond motifs is 1. The zero-order valence-electron chi connectivity index (χ0n) is 11.7. The lowest BCUT2D eigenvalue weighted by Crippen LogP contribution is -1.93. The number of benzene rings is 2. The highest BCUT2D eigenvalue weighted by Gasteiger charge is 2.12. The van der Waals surface area contributed by atoms with E-state index < -0.39 is 0 Å². The van der Waals surface area contributed by atoms with Gasteiger partial charge in [-0.1, -0.05) is 12.1 Å². The first kappa shape index (κ1) is 14.0. The third kappa shape index (κ3) is 2.37. The third-order valence-corrected chi connectivity index (χ3v) is 3.39. The number of rotatable bonds is 3. The molecule has 0 aliphatic rings. The molecular formula is C17H12FNO3. The maximum Gasteiger partial charge on any atom is 0.161 e. The number of carbonyl (C=O) groups is 1. The third-order valence-electron chi connectivity index (χ3n) is 3.39. The van der Waals surface area contributed by atoms with E-state index in [4.69, 9.17) is 4.74 Å². The molecule has 1 N–H and O–H groups in total. The van der Waals surface area contributed by atoms with Gasteiger partial charge in [-0.2, -0.15) is 0 Å². The summed E-state index contributed by atoms with van der Waals surface area (Å²) in [5.74, 6) is -0.198. The molecule has 2 aromatic carbocycles. The Balaban J connectivity index is 2.28. The number of methoxy groups -OCH3 is 1. The number of aromatic nitrogens is 1. The Morgan fingerprint density at radius 2 is 2.05 bits per heavy atom. The van der Waals surface area contributed by atoms with E-state index >= 15 is 0 Å². The van der Waals surface area contributed by atoms with Crippen molar-refractivity contribution < 1.29 is 19.0 Å². The first-order valence-electron chi connectivity index (χ1n) is 6.55. The molecule has 0 radical (unpaired) electrons. The Morgan fingerprint density at radius 3 is 2.73 bits per heavy atom. The second-order valence-electron chi connectivity index (χ2n) is 4.77. The van der Waals surface area contributed by atoms with E-state index in [0.717, 1.165) is 0 Å². The molecule has 0 fully saturated rings. The van der Waals surface area contributed by atoms with E-state index in [1.165, 1.54) is 25.3 Å². The maximum absolute atomic E-state index is 13.4. The molecule has 0 saturated carbocycles. The summed E-state index contributed by atoms with van der Waals surface area (Å²) >= 11 is 0. The van der Waals surface area contributed by atoms with Crippen LogP contribution in [0.3, 0.4) is 0 Å². The fraction of sp³-hybridized carbons (Fsp3) is 0.0588. The van der Waals surface area contributed by atoms with E-state index in [1.807, 2.05) is 0 Å². The molecule has 1 aromatic heterocycles. The van der Waals surface area contributed by atoms with Crippen molar-refractivity contribution in [1.82, 2.24) is 4.98 Å². The average Bonchev–Trinajstić information content (AvgIpc) is 2.53. The molecule has 3 rings (SSSR count). The van der Waals surface area contributed by atoms with Crippen LogP contribution in [0.2, 0.25) is 0 Å². The minimum absolute atomic E-state index is 0.0734. The van der Waals surface area contributed by atoms with Gasteiger partial charge >= 0.3 is 0 Å². The first-order valence-corrected chi connectivity index (χ1v) is 6.55. The summed E-state index contributed by atoms with van der Waals surface area (Å²) in [5.41, 5.74) is 1.84. The van der Waals surface area contributed by atoms with Crippen molar-refractivity contribution in [2.45, 2.75) is 0 Å². The molecule has 0 spiro atoms. The minimum Gasteiger partial charge on any atom is -0.504 e. The lowest BCUT2D eigenvalue weighted by molar-refractivity contribution is 0.112. The molecule has 0 unspecified atom stereocenters. The highest BCUT2D eigenvalue weighted by atomic mass is 19.1. The summed E-state index contributed by atoms with van der Waals surface area (Å²) in [4.78, 5) is 15.7. The number of phenols is 1. The molecule has 3 aromatic rings. The molecule has 0 aliphatic heterocycles. The van der Waals surface area contributed by atoms with Gasteiger partial charge in [-0.3, -0.25) is 4.79 Å². The Hall–Kier alpha value is -2.95. The van der Waals surface area contributed by atoms with Crippen LogP contribution in [-0.2, 0) is 0 Å². The lowest BCUT2D eigenvalue weighted by Gasteiger charge is -2.09. The Kier molecular flexibility index (Phi) is 3.47. The zero-order chi connectivity index (χ0) is 15.7. The van der Waals surface area contributed by atoms with Gasteiger partial charge in [0.05, 0.1) is 18.3 Å². The number of hydrogen-bond donors (Lipinski definition) is 1. The van der Waals surface area contributed by atoms with E-state index in [9.17, 15) is 14.3 Å². The molecule has 5 heteroatoms. The molecule has 110 valence electrons. The topological polar surface area (TPSA) is 59.4 Å². The molecule has 4 nitrogen and oxygen atoms in total. The number of phenolic OH excluding ortho intramolecular Hbond substituents is 1. The van der Waals surface area contributed by atoms with Crippen molar-refractivity contribution in [3.8, 4) is 22.8 Å². The van der Waals surface area contributed by atoms with E-state index in [-0.39, 0.29) is 17.3 Å². The van der Waals surface area contributed by atoms with Crippen LogP contribution in [0.1, 0.15) is 10.4 Å². The van der Waals surface area contributed by atoms with Gasteiger partial charge in [0.25, 0.3) is 0 Å². The SMILES string of the molecule is COc1cc2c(C=O)cc(-c3cccc(F)c3)nc2cc1O. The van der Waals surface area contributed by atoms with Gasteiger partial charge in [0, 0.05) is 22.6 Å². The van der Waals surface area contributed by atoms with Crippen molar-refractivity contribution in [2.75, 3.05) is 7.11 Å². The van der Waals surface area contributed by atoms with Crippen molar-refractivity contribution in [3.63, 3.8) is 0 Å². The molecule has 1 heterocycles. The minimum atomic E-state index is -0.385. The number of aromatic hydroxyl groups is 1. The van der Waals surface area contributed by atoms with Crippen molar-refractivity contribution in [2.24, 2.45) is 0 Å². The van der Waals surface area contributed by atoms with Gasteiger partial charge in [0.1, 0.15) is 5.82 Å². The van der Waals surface area contributed by atoms with Crippen LogP contribution < -0.4 is 4.74 Å². The van der Waals surface area contributed by atoms with Gasteiger partial charge in [-0.05, 0) is 24.3 Å². The zero-order valence-corrected chi connectivity index (χ0v) is 11.7. The molecule has 22 heavy (non-hydrogen) atoms. The van der Waals surface area contributed by atoms with E-state index in [0.29, 0.717) is 34.0 Å². The number of ether oxygens (including phenoxy) is 1. The predicted octanol–water partition coefficient (Wildman–Crippen LogP) is 3.57. The van der Waals surface area contributed by atoms with Gasteiger partial charge < -0.3 is 9.84 Å². The Morgan fingerprint density at radius 1 is 1.23 bits per heavy atom. The molecular weight excluding hydrogens is 285 g/mol. The highest BCUT2D eigenvalue weighted by Crippen LogP contribution is 2.33. The average molecular weight is 297 g/mol. The van der Waals surface area contributed by atoms with Crippen LogP contribution in [0, 0.1) is 5.82 Å². The summed E-state index contributed by atoms with van der Waals surface area (Å²) < 4.78 is 18.4. The molecule has 0 atom stereocenters. The predicted molar refractivity (Wildman–Crippen MR) is 80.7 cm³/mol. The quantitative estimate of drug-likeness (QED) is 0.751. The van der Waals surface area contributed by atoms with Gasteiger partial charge in [-0.15, -0.1) is 0 Å². The Labute approximate surface area is 125 Å². The lowest BCUT2D eigenvalue weighted by atomic mass is 10.0. The molecule has 0 amide bonds. The van der Waals surface area contributed by atoms with Gasteiger partial charge in [0.2, 0.25) is 0 Å². The van der Waals surface area contributed by atoms with Crippen molar-refractivity contribution in [1.29, 1.82) is 0 Å². The monoisotopic (exact) mass is 297 g/mol. The van der Waals surface area contributed by atoms with Crippen LogP contribution >= 0.6 is 0 Å². The standard InChI is InChI=1S/C17H12FNO3/c1-22-17-7-13-11(9-20)6-14(19-15(13)8-16(17)21)10-3-2-4-12(18)5-10/h2-9,21H,1H3. The number of hydrogen-bond acceptors (Lipinski definition) is 4. The Bertz CT molecular complexity index is 877. The van der Waals surface area contributed by atoms with Gasteiger partial charge in [-0.25, -0.2) is 9.37 Å². The number of halogens is 1. The number of carbonyl (C=O) groups excluding carboxylic acids is 1. The largest absolute Gasteiger partial charge is 0.504 e. The van der Waals surface area contributed by atoms with Gasteiger partial charge in [0.15, 0.2) is 17.8 Å². The molecule has 0 saturated heterocycles. The summed E-state index contributed by atoms with van der Waals surface area (Å²) in [6, 6.07) is 10.5. The van der Waals surface area contributed by atoms with E-state index in [2.05, 4.69) is 4.98 Å². The number of aldehydes is 1. The van der Waals surface area contributed by atoms with Crippen LogP contribution in [-0.4, -0.2) is 23.5 Å². The van der Waals surface area contributed by atoms with Crippen LogP contribution in [0.25, 0.3) is 22.2 Å². The van der Waals surface area contributed by atoms with E-state index in [1.54, 1.807) is 24.3 Å². The summed E-state index contributed by atoms with van der Waals surface area (Å²) in [6.45, 7) is 0. The summed E-state index contributed by atoms with van der Waals surface area (Å²) in [7, 11) is 1.43. The molecule has 0 aliphatic carbocycles. The first-order chi connectivity index (χ1) is 10.6. The summed E-state index contributed by atoms with van der Waals surface area (Å²) in [5, 5.41) is 10.4. The summed E-state index contributed by atoms with van der Waals surface area (Å²) in [6.07, 6.45) is 0.698. The van der Waals surface area contributed by atoms with Crippen molar-refractivity contribution >= 4 is 17.2 Å². The van der Waals surface area contributed by atoms with Crippen LogP contribution in [0.4, 0.5) is 4.39 Å². The van der Waals surface area contributed by atoms with Crippen LogP contribution in [0.5, 0.6) is 11.5 Å². The highest BCUT2D eigenvalue weighted by molar-refractivity contribution is 5.99. The number of nitrogens with zero attached hydrogens (tertiary/aromatic N) is 1. The fourth-order valence-corrected chi connectivity index (χ4v) is 2.32. The van der Waals surface area contributed by atoms with Crippen molar-refractivity contribution in [3.05, 3.63) is 53.8 Å². The van der Waals surface area contributed by atoms with Crippen LogP contribution in [0.15, 0.2) is 42.5 Å². The normalized spacial score (nSPS) is 10.6. The second kappa shape index (κ2) is 5.44.